The zero-order chi connectivity index (χ0) is 18.6. The normalized spacial score (nSPS) is 18.6. The van der Waals surface area contributed by atoms with Crippen molar-refractivity contribution in [1.82, 2.24) is 19.4 Å². The summed E-state index contributed by atoms with van der Waals surface area (Å²) < 4.78 is 1.87. The molecule has 1 aliphatic rings. The Hall–Kier alpha value is -2.70. The van der Waals surface area contributed by atoms with Crippen molar-refractivity contribution in [3.63, 3.8) is 0 Å². The number of hydrogen-bond donors (Lipinski definition) is 1. The summed E-state index contributed by atoms with van der Waals surface area (Å²) >= 11 is 0. The Bertz CT molecular complexity index is 909. The summed E-state index contributed by atoms with van der Waals surface area (Å²) in [6.07, 6.45) is 1.16. The molecule has 1 atom stereocenters. The minimum atomic E-state index is -0.542. The molecule has 2 aromatic carbocycles. The highest BCUT2D eigenvalue weighted by Gasteiger charge is 2.24. The summed E-state index contributed by atoms with van der Waals surface area (Å²) in [7, 11) is 0. The van der Waals surface area contributed by atoms with E-state index in [1.165, 1.54) is 5.56 Å². The van der Waals surface area contributed by atoms with Gasteiger partial charge in [0.05, 0.1) is 23.5 Å². The molecule has 1 unspecified atom stereocenters. The van der Waals surface area contributed by atoms with Crippen LogP contribution in [0.5, 0.6) is 0 Å². The third kappa shape index (κ3) is 4.18. The van der Waals surface area contributed by atoms with Gasteiger partial charge in [0, 0.05) is 32.7 Å². The number of rotatable bonds is 4. The number of amides is 1. The predicted octanol–water partition coefficient (Wildman–Crippen LogP) is 1.74. The lowest BCUT2D eigenvalue weighted by Crippen LogP contribution is -2.39. The molecule has 1 N–H and O–H groups in total. The van der Waals surface area contributed by atoms with Crippen molar-refractivity contribution < 1.29 is 9.90 Å². The third-order valence-electron chi connectivity index (χ3n) is 5.02. The molecule has 6 nitrogen and oxygen atoms in total. The molecule has 2 heterocycles. The van der Waals surface area contributed by atoms with Crippen LogP contribution in [0.3, 0.4) is 0 Å². The van der Waals surface area contributed by atoms with Crippen LogP contribution in [0.25, 0.3) is 11.0 Å². The largest absolute Gasteiger partial charge is 0.390 e. The summed E-state index contributed by atoms with van der Waals surface area (Å²) in [5, 5.41) is 10.4. The molecule has 1 aromatic heterocycles. The van der Waals surface area contributed by atoms with Crippen molar-refractivity contribution in [1.29, 1.82) is 0 Å². The van der Waals surface area contributed by atoms with E-state index in [0.29, 0.717) is 19.6 Å². The average molecular weight is 364 g/mol. The summed E-state index contributed by atoms with van der Waals surface area (Å²) in [5.74, 6) is 0.0127. The number of hydrogen-bond acceptors (Lipinski definition) is 4. The van der Waals surface area contributed by atoms with Crippen LogP contribution < -0.4 is 0 Å². The van der Waals surface area contributed by atoms with E-state index < -0.39 is 6.10 Å². The molecule has 0 aliphatic carbocycles. The van der Waals surface area contributed by atoms with Gasteiger partial charge in [-0.3, -0.25) is 9.69 Å². The van der Waals surface area contributed by atoms with Crippen LogP contribution in [0.15, 0.2) is 60.9 Å². The van der Waals surface area contributed by atoms with Gasteiger partial charge in [-0.25, -0.2) is 4.98 Å². The Labute approximate surface area is 158 Å². The van der Waals surface area contributed by atoms with Crippen molar-refractivity contribution in [3.05, 3.63) is 66.5 Å². The average Bonchev–Trinajstić information content (AvgIpc) is 2.98. The van der Waals surface area contributed by atoms with E-state index in [-0.39, 0.29) is 12.5 Å². The summed E-state index contributed by atoms with van der Waals surface area (Å²) in [6, 6.07) is 18.0. The fourth-order valence-electron chi connectivity index (χ4n) is 3.65. The lowest BCUT2D eigenvalue weighted by atomic mass is 10.2. The lowest BCUT2D eigenvalue weighted by Gasteiger charge is -2.22. The molecule has 4 rings (SSSR count). The molecule has 140 valence electrons. The molecule has 1 amide bonds. The highest BCUT2D eigenvalue weighted by Crippen LogP contribution is 2.14. The first-order chi connectivity index (χ1) is 13.2. The van der Waals surface area contributed by atoms with E-state index in [2.05, 4.69) is 22.0 Å². The highest BCUT2D eigenvalue weighted by molar-refractivity contribution is 5.80. The Balaban J connectivity index is 1.41. The van der Waals surface area contributed by atoms with Crippen molar-refractivity contribution in [2.75, 3.05) is 26.2 Å². The predicted molar refractivity (Wildman–Crippen MR) is 104 cm³/mol. The molecular weight excluding hydrogens is 340 g/mol. The number of β-amino-alcohol motifs (C(OH)–C–C–N with tert-alkyl or cyclic N) is 1. The molecule has 6 heteroatoms. The van der Waals surface area contributed by atoms with E-state index >= 15 is 0 Å². The van der Waals surface area contributed by atoms with Crippen LogP contribution in [-0.2, 0) is 17.9 Å². The Morgan fingerprint density at radius 3 is 2.67 bits per heavy atom. The second kappa shape index (κ2) is 7.90. The minimum Gasteiger partial charge on any atom is -0.390 e. The highest BCUT2D eigenvalue weighted by atomic mass is 16.3. The Morgan fingerprint density at radius 1 is 1.04 bits per heavy atom. The zero-order valence-electron chi connectivity index (χ0n) is 15.2. The molecular formula is C21H24N4O2. The van der Waals surface area contributed by atoms with Gasteiger partial charge in [0.2, 0.25) is 5.91 Å². The van der Waals surface area contributed by atoms with Gasteiger partial charge in [-0.2, -0.15) is 0 Å². The van der Waals surface area contributed by atoms with E-state index in [1.807, 2.05) is 47.0 Å². The van der Waals surface area contributed by atoms with Gasteiger partial charge in [0.1, 0.15) is 6.54 Å². The van der Waals surface area contributed by atoms with Gasteiger partial charge >= 0.3 is 0 Å². The van der Waals surface area contributed by atoms with Crippen LogP contribution in [-0.4, -0.2) is 62.6 Å². The second-order valence-corrected chi connectivity index (χ2v) is 7.08. The molecule has 0 saturated carbocycles. The quantitative estimate of drug-likeness (QED) is 0.766. The fraction of sp³-hybridized carbons (Fsp3) is 0.333. The first-order valence-electron chi connectivity index (χ1n) is 9.31. The monoisotopic (exact) mass is 364 g/mol. The number of imidazole rings is 1. The van der Waals surface area contributed by atoms with Gasteiger partial charge in [-0.1, -0.05) is 42.5 Å². The third-order valence-corrected chi connectivity index (χ3v) is 5.02. The number of aromatic nitrogens is 2. The van der Waals surface area contributed by atoms with Crippen LogP contribution in [0, 0.1) is 0 Å². The summed E-state index contributed by atoms with van der Waals surface area (Å²) in [6.45, 7) is 3.35. The number of fused-ring (bicyclic) bond motifs is 1. The van der Waals surface area contributed by atoms with Crippen molar-refractivity contribution in [2.24, 2.45) is 0 Å². The number of aliphatic hydroxyl groups is 1. The van der Waals surface area contributed by atoms with Gasteiger partial charge in [0.15, 0.2) is 0 Å². The number of para-hydroxylation sites is 2. The first kappa shape index (κ1) is 17.7. The Morgan fingerprint density at radius 2 is 1.81 bits per heavy atom. The fourth-order valence-corrected chi connectivity index (χ4v) is 3.65. The van der Waals surface area contributed by atoms with Gasteiger partial charge in [0.25, 0.3) is 0 Å². The number of benzene rings is 2. The number of nitrogens with zero attached hydrogens (tertiary/aromatic N) is 4. The Kier molecular flexibility index (Phi) is 5.18. The molecule has 3 aromatic rings. The smallest absolute Gasteiger partial charge is 0.242 e. The number of aliphatic hydroxyl groups excluding tert-OH is 1. The van der Waals surface area contributed by atoms with Gasteiger partial charge < -0.3 is 14.6 Å². The van der Waals surface area contributed by atoms with Crippen LogP contribution >= 0.6 is 0 Å². The standard InChI is InChI=1S/C21H24N4O2/c26-18-13-23(12-17-6-2-1-3-7-17)10-11-24(14-18)21(27)15-25-16-22-19-8-4-5-9-20(19)25/h1-9,16,18,26H,10-15H2. The molecule has 1 saturated heterocycles. The molecule has 1 aliphatic heterocycles. The minimum absolute atomic E-state index is 0.0127. The van der Waals surface area contributed by atoms with Gasteiger partial charge in [-0.15, -0.1) is 0 Å². The SMILES string of the molecule is O=C(Cn1cnc2ccccc21)N1CCN(Cc2ccccc2)CC(O)C1. The molecule has 0 radical (unpaired) electrons. The van der Waals surface area contributed by atoms with E-state index in [9.17, 15) is 9.90 Å². The molecule has 1 fully saturated rings. The van der Waals surface area contributed by atoms with E-state index in [1.54, 1.807) is 11.2 Å². The maximum atomic E-state index is 12.8. The van der Waals surface area contributed by atoms with Crippen molar-refractivity contribution >= 4 is 16.9 Å². The van der Waals surface area contributed by atoms with Crippen LogP contribution in [0.1, 0.15) is 5.56 Å². The molecule has 0 spiro atoms. The van der Waals surface area contributed by atoms with E-state index in [0.717, 1.165) is 24.1 Å². The topological polar surface area (TPSA) is 61.6 Å². The van der Waals surface area contributed by atoms with Crippen molar-refractivity contribution in [2.45, 2.75) is 19.2 Å². The van der Waals surface area contributed by atoms with E-state index in [4.69, 9.17) is 0 Å². The maximum Gasteiger partial charge on any atom is 0.242 e. The molecule has 27 heavy (non-hydrogen) atoms. The number of carbonyl (C=O) groups excluding carboxylic acids is 1. The molecule has 0 bridgehead atoms. The zero-order valence-corrected chi connectivity index (χ0v) is 15.2. The first-order valence-corrected chi connectivity index (χ1v) is 9.31. The second-order valence-electron chi connectivity index (χ2n) is 7.08. The lowest BCUT2D eigenvalue weighted by molar-refractivity contribution is -0.132. The van der Waals surface area contributed by atoms with Crippen molar-refractivity contribution in [3.8, 4) is 0 Å². The number of carbonyl (C=O) groups is 1. The maximum absolute atomic E-state index is 12.8. The summed E-state index contributed by atoms with van der Waals surface area (Å²) in [5.41, 5.74) is 3.05. The van der Waals surface area contributed by atoms with Crippen LogP contribution in [0.2, 0.25) is 0 Å². The van der Waals surface area contributed by atoms with Gasteiger partial charge in [-0.05, 0) is 17.7 Å². The van der Waals surface area contributed by atoms with Crippen LogP contribution in [0.4, 0.5) is 0 Å². The summed E-state index contributed by atoms with van der Waals surface area (Å²) in [4.78, 5) is 21.1.